The van der Waals surface area contributed by atoms with E-state index in [0.717, 1.165) is 94.5 Å². The number of para-hydroxylation sites is 5. The van der Waals surface area contributed by atoms with Gasteiger partial charge in [-0.2, -0.15) is 0 Å². The maximum Gasteiger partial charge on any atom is 0.252 e. The molecule has 0 atom stereocenters. The van der Waals surface area contributed by atoms with Crippen molar-refractivity contribution in [1.29, 1.82) is 0 Å². The molecule has 79 heavy (non-hydrogen) atoms. The van der Waals surface area contributed by atoms with Gasteiger partial charge < -0.3 is 23.2 Å². The van der Waals surface area contributed by atoms with Crippen molar-refractivity contribution in [1.82, 2.24) is 9.13 Å². The van der Waals surface area contributed by atoms with Crippen LogP contribution in [0.25, 0.3) is 87.7 Å². The first-order valence-electron chi connectivity index (χ1n) is 28.0. The smallest absolute Gasteiger partial charge is 0.252 e. The molecule has 0 saturated carbocycles. The van der Waals surface area contributed by atoms with Gasteiger partial charge in [0.15, 0.2) is 0 Å². The van der Waals surface area contributed by atoms with Gasteiger partial charge in [0.2, 0.25) is 0 Å². The molecular weight excluding hydrogens is 962 g/mol. The Labute approximate surface area is 460 Å². The molecule has 4 heterocycles. The predicted molar refractivity (Wildman–Crippen MR) is 334 cm³/mol. The van der Waals surface area contributed by atoms with Crippen LogP contribution in [0.2, 0.25) is 0 Å². The number of nitrogens with zero attached hydrogens (tertiary/aromatic N) is 3. The summed E-state index contributed by atoms with van der Waals surface area (Å²) in [5.74, 6) is 2.66. The van der Waals surface area contributed by atoms with Gasteiger partial charge in [-0.1, -0.05) is 174 Å². The number of rotatable bonds is 9. The van der Waals surface area contributed by atoms with Crippen LogP contribution >= 0.6 is 0 Å². The van der Waals surface area contributed by atoms with E-state index < -0.39 is 0 Å². The van der Waals surface area contributed by atoms with Crippen molar-refractivity contribution in [3.8, 4) is 22.9 Å². The molecule has 6 heteroatoms. The van der Waals surface area contributed by atoms with E-state index in [-0.39, 0.29) is 18.5 Å². The van der Waals surface area contributed by atoms with E-state index in [4.69, 9.17) is 9.15 Å². The summed E-state index contributed by atoms with van der Waals surface area (Å²) in [5, 5.41) is 9.25. The molecule has 0 N–H and O–H groups in total. The summed E-state index contributed by atoms with van der Waals surface area (Å²) in [7, 11) is 0. The molecule has 0 saturated heterocycles. The Balaban J connectivity index is 1.03. The Hall–Kier alpha value is -9.26. The highest BCUT2D eigenvalue weighted by molar-refractivity contribution is 6.99. The van der Waals surface area contributed by atoms with Gasteiger partial charge in [0.05, 0.1) is 27.8 Å². The lowest BCUT2D eigenvalue weighted by atomic mass is 9.33. The van der Waals surface area contributed by atoms with Gasteiger partial charge in [-0.25, -0.2) is 0 Å². The van der Waals surface area contributed by atoms with Crippen molar-refractivity contribution in [3.05, 3.63) is 241 Å². The van der Waals surface area contributed by atoms with Crippen molar-refractivity contribution in [3.63, 3.8) is 0 Å². The molecule has 11 aromatic carbocycles. The van der Waals surface area contributed by atoms with E-state index in [9.17, 15) is 0 Å². The first-order valence-corrected chi connectivity index (χ1v) is 28.0. The molecule has 0 unspecified atom stereocenters. The number of anilines is 3. The summed E-state index contributed by atoms with van der Waals surface area (Å²) in [5.41, 5.74) is 19.6. The van der Waals surface area contributed by atoms with Gasteiger partial charge in [0, 0.05) is 66.5 Å². The molecule has 3 aromatic heterocycles. The lowest BCUT2D eigenvalue weighted by Gasteiger charge is -2.33. The molecule has 1 aliphatic heterocycles. The summed E-state index contributed by atoms with van der Waals surface area (Å²) in [6.45, 7) is 13.9. The monoisotopic (exact) mass is 1020 g/mol. The van der Waals surface area contributed by atoms with Crippen molar-refractivity contribution in [2.24, 2.45) is 0 Å². The van der Waals surface area contributed by atoms with E-state index in [1.165, 1.54) is 54.8 Å². The van der Waals surface area contributed by atoms with Gasteiger partial charge in [-0.05, 0) is 142 Å². The van der Waals surface area contributed by atoms with Crippen LogP contribution in [-0.2, 0) is 0 Å². The number of furan rings is 1. The van der Waals surface area contributed by atoms with Gasteiger partial charge in [-0.3, -0.25) is 0 Å². The molecule has 0 amide bonds. The lowest BCUT2D eigenvalue weighted by Crippen LogP contribution is -2.57. The van der Waals surface area contributed by atoms with Crippen LogP contribution < -0.4 is 26.0 Å². The highest BCUT2D eigenvalue weighted by Gasteiger charge is 2.39. The molecule has 5 nitrogen and oxygen atoms in total. The van der Waals surface area contributed by atoms with Crippen LogP contribution in [-0.4, -0.2) is 15.8 Å². The zero-order valence-corrected chi connectivity index (χ0v) is 45.3. The summed E-state index contributed by atoms with van der Waals surface area (Å²) >= 11 is 0. The van der Waals surface area contributed by atoms with Crippen LogP contribution in [0.4, 0.5) is 17.1 Å². The minimum Gasteiger partial charge on any atom is -0.458 e. The van der Waals surface area contributed by atoms with E-state index in [1.807, 2.05) is 0 Å². The minimum absolute atomic E-state index is 0.150. The maximum absolute atomic E-state index is 7.52. The Kier molecular flexibility index (Phi) is 10.8. The van der Waals surface area contributed by atoms with Crippen molar-refractivity contribution < 1.29 is 9.15 Å². The van der Waals surface area contributed by atoms with Crippen molar-refractivity contribution in [2.45, 2.75) is 59.3 Å². The number of ether oxygens (including phenoxy) is 1. The third-order valence-corrected chi connectivity index (χ3v) is 16.9. The molecular formula is C73H58BN3O2. The lowest BCUT2D eigenvalue weighted by molar-refractivity contribution is 0.488. The third kappa shape index (κ3) is 7.31. The largest absolute Gasteiger partial charge is 0.458 e. The summed E-state index contributed by atoms with van der Waals surface area (Å²) < 4.78 is 19.2. The van der Waals surface area contributed by atoms with Gasteiger partial charge in [0.25, 0.3) is 6.71 Å². The van der Waals surface area contributed by atoms with E-state index in [0.29, 0.717) is 5.92 Å². The Bertz CT molecular complexity index is 4630. The van der Waals surface area contributed by atoms with Gasteiger partial charge in [0.1, 0.15) is 22.7 Å². The predicted octanol–water partition coefficient (Wildman–Crippen LogP) is 18.4. The molecule has 0 radical (unpaired) electrons. The molecule has 0 bridgehead atoms. The average molecular weight is 1020 g/mol. The zero-order chi connectivity index (χ0) is 53.2. The molecule has 0 aliphatic carbocycles. The molecule has 15 rings (SSSR count). The zero-order valence-electron chi connectivity index (χ0n) is 45.3. The van der Waals surface area contributed by atoms with E-state index >= 15 is 0 Å². The fourth-order valence-electron chi connectivity index (χ4n) is 13.3. The molecule has 0 fully saturated rings. The van der Waals surface area contributed by atoms with Crippen LogP contribution in [0.3, 0.4) is 0 Å². The minimum atomic E-state index is -0.150. The quantitative estimate of drug-likeness (QED) is 0.135. The Morgan fingerprint density at radius 2 is 0.911 bits per heavy atom. The maximum atomic E-state index is 7.52. The van der Waals surface area contributed by atoms with Crippen LogP contribution in [0.15, 0.2) is 229 Å². The van der Waals surface area contributed by atoms with Gasteiger partial charge in [-0.15, -0.1) is 0 Å². The SMILES string of the molecule is CC(C)c1cc(C(C)C)c(B2c3cc4oc5ccccc5c4cc3Oc3cc(-n4c5ccc(N(c6ccccc6)c6ccccc6)cc5c5cc(-n6c7ccccc7c7ccccc76)ccc54)c4ccccc4c32)c(C(C)C)c1. The highest BCUT2D eigenvalue weighted by atomic mass is 16.5. The number of fused-ring (bicyclic) bond motifs is 13. The van der Waals surface area contributed by atoms with E-state index in [1.54, 1.807) is 0 Å². The second-order valence-electron chi connectivity index (χ2n) is 22.6. The Morgan fingerprint density at radius 1 is 0.367 bits per heavy atom. The summed E-state index contributed by atoms with van der Waals surface area (Å²) in [6, 6.07) is 82.4. The Morgan fingerprint density at radius 3 is 1.54 bits per heavy atom. The first-order chi connectivity index (χ1) is 38.7. The summed E-state index contributed by atoms with van der Waals surface area (Å²) in [6.07, 6.45) is 0. The number of benzene rings is 11. The van der Waals surface area contributed by atoms with Crippen molar-refractivity contribution >= 4 is 116 Å². The second kappa shape index (κ2) is 18.2. The third-order valence-electron chi connectivity index (χ3n) is 16.9. The number of hydrogen-bond donors (Lipinski definition) is 0. The number of aromatic nitrogens is 2. The first kappa shape index (κ1) is 47.0. The van der Waals surface area contributed by atoms with Crippen LogP contribution in [0.1, 0.15) is 76.0 Å². The summed E-state index contributed by atoms with van der Waals surface area (Å²) in [4.78, 5) is 2.36. The van der Waals surface area contributed by atoms with Crippen molar-refractivity contribution in [2.75, 3.05) is 4.90 Å². The van der Waals surface area contributed by atoms with Crippen LogP contribution in [0, 0.1) is 0 Å². The molecule has 14 aromatic rings. The molecule has 0 spiro atoms. The van der Waals surface area contributed by atoms with Gasteiger partial charge >= 0.3 is 0 Å². The average Bonchev–Trinajstić information content (AvgIpc) is 3.91. The fraction of sp³-hybridized carbons (Fsp3) is 0.123. The van der Waals surface area contributed by atoms with Crippen LogP contribution in [0.5, 0.6) is 11.5 Å². The standard InChI is InChI=1S/C73H58BN3O2/c1-44(2)47-37-57(45(3)4)72(58(38-47)46(5)6)74-62-42-69-61(55-28-17-20-32-68(55)78-69)41-70(62)79-71-43-67(54-27-13-14-29-56(54)73(71)74)77-65-35-33-50(75(48-21-9-7-10-22-48)49-23-11-8-12-24-49)39-59(65)60-40-51(34-36-66(60)77)76-63-30-18-15-25-52(63)53-26-16-19-31-64(53)76/h7-46H,1-6H3. The normalized spacial score (nSPS) is 12.6. The van der Waals surface area contributed by atoms with E-state index in [2.05, 4.69) is 280 Å². The number of hydrogen-bond acceptors (Lipinski definition) is 3. The highest BCUT2D eigenvalue weighted by Crippen LogP contribution is 2.45. The fourth-order valence-corrected chi connectivity index (χ4v) is 13.3. The topological polar surface area (TPSA) is 35.5 Å². The molecule has 1 aliphatic rings. The molecule has 380 valence electrons. The second-order valence-corrected chi connectivity index (χ2v) is 22.6.